The highest BCUT2D eigenvalue weighted by atomic mass is 32.1. The molecule has 198 valence electrons. The molecule has 2 aromatic carbocycles. The molecule has 0 amide bonds. The molecule has 0 aliphatic carbocycles. The largest absolute Gasteiger partial charge is 0.352 e. The molecule has 8 nitrogen and oxygen atoms in total. The van der Waals surface area contributed by atoms with Crippen LogP contribution in [-0.2, 0) is 13.1 Å². The highest BCUT2D eigenvalue weighted by Crippen LogP contribution is 2.27. The van der Waals surface area contributed by atoms with E-state index in [2.05, 4.69) is 10.3 Å². The van der Waals surface area contributed by atoms with Crippen molar-refractivity contribution in [1.29, 1.82) is 0 Å². The maximum absolute atomic E-state index is 13.3. The first-order valence-corrected chi connectivity index (χ1v) is 14.3. The van der Waals surface area contributed by atoms with Gasteiger partial charge >= 0.3 is 10.0 Å². The zero-order chi connectivity index (χ0) is 27.6. The number of hydrogen-bond donors (Lipinski definition) is 0. The van der Waals surface area contributed by atoms with E-state index < -0.39 is 0 Å². The molecular weight excluding hydrogens is 544 g/mol. The topological polar surface area (TPSA) is 94.0 Å². The summed E-state index contributed by atoms with van der Waals surface area (Å²) in [5.74, 6) is 0.0251. The zero-order valence-corrected chi connectivity index (χ0v) is 23.4. The van der Waals surface area contributed by atoms with Crippen LogP contribution in [0.2, 0.25) is 0 Å². The van der Waals surface area contributed by atoms with E-state index in [-0.39, 0.29) is 36.2 Å². The Morgan fingerprint density at radius 3 is 1.90 bits per heavy atom. The summed E-state index contributed by atoms with van der Waals surface area (Å²) in [5, 5.41) is 11.8. The van der Waals surface area contributed by atoms with Gasteiger partial charge in [-0.15, -0.1) is 0 Å². The Kier molecular flexibility index (Phi) is 7.02. The summed E-state index contributed by atoms with van der Waals surface area (Å²) >= 11 is 3.09. The summed E-state index contributed by atoms with van der Waals surface area (Å²) in [5.41, 5.74) is 3.97. The van der Waals surface area contributed by atoms with Gasteiger partial charge in [-0.1, -0.05) is 93.7 Å². The lowest BCUT2D eigenvalue weighted by Crippen LogP contribution is -2.44. The van der Waals surface area contributed by atoms with Crippen LogP contribution < -0.4 is 9.13 Å². The van der Waals surface area contributed by atoms with Gasteiger partial charge in [0.1, 0.15) is 11.4 Å². The molecule has 0 spiro atoms. The first kappa shape index (κ1) is 25.7. The van der Waals surface area contributed by atoms with Crippen LogP contribution in [0, 0.1) is 13.8 Å². The van der Waals surface area contributed by atoms with Crippen LogP contribution >= 0.6 is 22.7 Å². The Morgan fingerprint density at radius 2 is 1.32 bits per heavy atom. The fraction of sp³-hybridized carbons (Fsp3) is 0.133. The third-order valence-electron chi connectivity index (χ3n) is 6.60. The van der Waals surface area contributed by atoms with Gasteiger partial charge < -0.3 is 9.05 Å². The number of rotatable bonds is 9. The highest BCUT2D eigenvalue weighted by Gasteiger charge is 2.34. The van der Waals surface area contributed by atoms with E-state index in [1.807, 2.05) is 95.2 Å². The summed E-state index contributed by atoms with van der Waals surface area (Å²) in [4.78, 5) is 27.5. The van der Waals surface area contributed by atoms with E-state index >= 15 is 0 Å². The molecule has 0 unspecified atom stereocenters. The number of aromatic nitrogens is 4. The van der Waals surface area contributed by atoms with Crippen LogP contribution in [0.5, 0.6) is 0 Å². The molecule has 0 aliphatic rings. The quantitative estimate of drug-likeness (QED) is 0.163. The van der Waals surface area contributed by atoms with Crippen molar-refractivity contribution < 1.29 is 27.8 Å². The Hall–Kier alpha value is -4.54. The van der Waals surface area contributed by atoms with Crippen molar-refractivity contribution in [3.63, 3.8) is 0 Å². The lowest BCUT2D eigenvalue weighted by molar-refractivity contribution is -0.699. The molecule has 10 heteroatoms. The number of carbonyl (C=O) groups excluding carboxylic acids is 2. The molecule has 0 bridgehead atoms. The fourth-order valence-electron chi connectivity index (χ4n) is 4.32. The minimum absolute atomic E-state index is 0.0781. The number of carbonyl (C=O) groups is 2. The summed E-state index contributed by atoms with van der Waals surface area (Å²) < 4.78 is 14.7. The lowest BCUT2D eigenvalue weighted by atomic mass is 10.1. The van der Waals surface area contributed by atoms with Crippen molar-refractivity contribution in [2.24, 2.45) is 0 Å². The van der Waals surface area contributed by atoms with Crippen LogP contribution in [0.3, 0.4) is 0 Å². The number of thiazole rings is 2. The van der Waals surface area contributed by atoms with Crippen LogP contribution in [0.15, 0.2) is 93.4 Å². The number of hydrogen-bond acceptors (Lipinski definition) is 8. The zero-order valence-electron chi connectivity index (χ0n) is 21.7. The van der Waals surface area contributed by atoms with E-state index in [0.29, 0.717) is 11.4 Å². The van der Waals surface area contributed by atoms with Gasteiger partial charge in [0.2, 0.25) is 24.6 Å². The summed E-state index contributed by atoms with van der Waals surface area (Å²) in [6.07, 6.45) is 1.87. The normalized spacial score (nSPS) is 11.2. The van der Waals surface area contributed by atoms with Crippen molar-refractivity contribution in [3.05, 3.63) is 106 Å². The molecule has 0 fully saturated rings. The molecule has 4 heterocycles. The van der Waals surface area contributed by atoms with Crippen molar-refractivity contribution in [2.45, 2.75) is 26.9 Å². The van der Waals surface area contributed by atoms with Crippen LogP contribution in [-0.4, -0.2) is 21.9 Å². The minimum Gasteiger partial charge on any atom is -0.352 e. The second kappa shape index (κ2) is 10.9. The standard InChI is InChI=1S/C30H24N4O4S2/c1-19-20(2)40-30(34(19)18-26(36)28-16-24(32-38-28)22-11-7-4-8-12-22)29-33(13-14-39-29)17-25(35)27-15-23(31-37-27)21-9-5-3-6-10-21/h3-16H,17-18H2,1-2H3/q+2. The van der Waals surface area contributed by atoms with E-state index in [0.717, 1.165) is 31.7 Å². The second-order valence-electron chi connectivity index (χ2n) is 9.20. The van der Waals surface area contributed by atoms with E-state index in [1.165, 1.54) is 11.3 Å². The average molecular weight is 569 g/mol. The summed E-state index contributed by atoms with van der Waals surface area (Å²) in [6.45, 7) is 4.17. The van der Waals surface area contributed by atoms with Crippen molar-refractivity contribution in [3.8, 4) is 32.5 Å². The van der Waals surface area contributed by atoms with Gasteiger partial charge in [0.15, 0.2) is 11.9 Å². The fourth-order valence-corrected chi connectivity index (χ4v) is 6.47. The van der Waals surface area contributed by atoms with Crippen LogP contribution in [0.1, 0.15) is 31.7 Å². The maximum Gasteiger partial charge on any atom is 0.346 e. The maximum atomic E-state index is 13.3. The van der Waals surface area contributed by atoms with Gasteiger partial charge in [0, 0.05) is 30.2 Å². The van der Waals surface area contributed by atoms with Crippen molar-refractivity contribution in [1.82, 2.24) is 10.3 Å². The first-order valence-electron chi connectivity index (χ1n) is 12.6. The molecule has 0 radical (unpaired) electrons. The molecule has 0 saturated heterocycles. The molecule has 40 heavy (non-hydrogen) atoms. The van der Waals surface area contributed by atoms with E-state index in [4.69, 9.17) is 9.05 Å². The predicted molar refractivity (Wildman–Crippen MR) is 150 cm³/mol. The van der Waals surface area contributed by atoms with Gasteiger partial charge in [-0.05, 0) is 6.92 Å². The number of ketones is 2. The first-order chi connectivity index (χ1) is 19.5. The molecule has 4 aromatic heterocycles. The molecule has 0 atom stereocenters. The van der Waals surface area contributed by atoms with Crippen molar-refractivity contribution in [2.75, 3.05) is 0 Å². The van der Waals surface area contributed by atoms with Crippen molar-refractivity contribution >= 4 is 34.2 Å². The molecular formula is C30H24N4O4S2+2. The second-order valence-corrected chi connectivity index (χ2v) is 11.3. The summed E-state index contributed by atoms with van der Waals surface area (Å²) in [6, 6.07) is 22.5. The summed E-state index contributed by atoms with van der Waals surface area (Å²) in [7, 11) is 0. The average Bonchev–Trinajstić information content (AvgIpc) is 3.79. The van der Waals surface area contributed by atoms with Gasteiger partial charge in [0.05, 0.1) is 10.3 Å². The third kappa shape index (κ3) is 5.06. The predicted octanol–water partition coefficient (Wildman–Crippen LogP) is 5.74. The monoisotopic (exact) mass is 568 g/mol. The Balaban J connectivity index is 1.24. The van der Waals surface area contributed by atoms with Gasteiger partial charge in [-0.3, -0.25) is 9.59 Å². The Bertz CT molecular complexity index is 1820. The van der Waals surface area contributed by atoms with Gasteiger partial charge in [-0.2, -0.15) is 9.13 Å². The number of aryl methyl sites for hydroxylation is 1. The lowest BCUT2D eigenvalue weighted by Gasteiger charge is -1.98. The molecule has 0 saturated carbocycles. The minimum atomic E-state index is -0.193. The molecule has 0 N–H and O–H groups in total. The molecule has 6 aromatic rings. The molecule has 0 aliphatic heterocycles. The van der Waals surface area contributed by atoms with Gasteiger partial charge in [-0.25, -0.2) is 0 Å². The Labute approximate surface area is 237 Å². The Morgan fingerprint density at radius 1 is 0.775 bits per heavy atom. The molecule has 6 rings (SSSR count). The third-order valence-corrected chi connectivity index (χ3v) is 8.85. The van der Waals surface area contributed by atoms with E-state index in [9.17, 15) is 9.59 Å². The smallest absolute Gasteiger partial charge is 0.346 e. The number of Topliss-reactive ketones (excluding diaryl/α,β-unsaturated/α-hetero) is 2. The number of benzene rings is 2. The van der Waals surface area contributed by atoms with E-state index in [1.54, 1.807) is 23.5 Å². The van der Waals surface area contributed by atoms with Gasteiger partial charge in [0.25, 0.3) is 11.6 Å². The van der Waals surface area contributed by atoms with Crippen LogP contribution in [0.25, 0.3) is 32.5 Å². The number of nitrogens with zero attached hydrogens (tertiary/aromatic N) is 4. The van der Waals surface area contributed by atoms with Crippen LogP contribution in [0.4, 0.5) is 0 Å². The SMILES string of the molecule is Cc1sc(-c2scc[n+]2CC(=O)c2cc(-c3ccccc3)no2)[n+](CC(=O)c2cc(-c3ccccc3)no2)c1C. The highest BCUT2D eigenvalue weighted by molar-refractivity contribution is 7.20.